The van der Waals surface area contributed by atoms with Crippen molar-refractivity contribution in [1.29, 1.82) is 0 Å². The Kier molecular flexibility index (Phi) is 3.89. The highest BCUT2D eigenvalue weighted by molar-refractivity contribution is 7.91. The van der Waals surface area contributed by atoms with E-state index < -0.39 is 45.2 Å². The number of carbonyl (C=O) groups excluding carboxylic acids is 1. The second-order valence-electron chi connectivity index (χ2n) is 5.27. The number of ether oxygens (including phenoxy) is 1. The maximum absolute atomic E-state index is 11.5. The molecule has 0 aliphatic carbocycles. The van der Waals surface area contributed by atoms with Gasteiger partial charge in [0.15, 0.2) is 9.84 Å². The molecule has 1 aliphatic heterocycles. The molecule has 1 saturated heterocycles. The second-order valence-corrected chi connectivity index (χ2v) is 7.43. The first-order chi connectivity index (χ1) is 8.00. The van der Waals surface area contributed by atoms with Crippen LogP contribution in [0.4, 0.5) is 4.79 Å². The SMILES string of the molecule is CC(C)(C)OC(=O)N[C@@H]1CS(=O)(=O)C[C@H]1C(=O)O. The lowest BCUT2D eigenvalue weighted by Gasteiger charge is -2.22. The minimum atomic E-state index is -3.43. The number of rotatable bonds is 2. The maximum atomic E-state index is 11.5. The number of aliphatic carboxylic acids is 1. The normalized spacial score (nSPS) is 26.6. The van der Waals surface area contributed by atoms with Gasteiger partial charge in [0, 0.05) is 0 Å². The number of hydrogen-bond donors (Lipinski definition) is 2. The van der Waals surface area contributed by atoms with Gasteiger partial charge in [-0.3, -0.25) is 4.79 Å². The molecule has 104 valence electrons. The molecule has 1 aliphatic rings. The molecule has 0 aromatic carbocycles. The van der Waals surface area contributed by atoms with Crippen molar-refractivity contribution in [3.63, 3.8) is 0 Å². The van der Waals surface area contributed by atoms with Crippen molar-refractivity contribution in [2.45, 2.75) is 32.4 Å². The fraction of sp³-hybridized carbons (Fsp3) is 0.800. The predicted octanol–water partition coefficient (Wildman–Crippen LogP) is 0.00890. The molecule has 0 spiro atoms. The largest absolute Gasteiger partial charge is 0.481 e. The Labute approximate surface area is 105 Å². The summed E-state index contributed by atoms with van der Waals surface area (Å²) >= 11 is 0. The Morgan fingerprint density at radius 1 is 1.28 bits per heavy atom. The van der Waals surface area contributed by atoms with Crippen molar-refractivity contribution in [3.8, 4) is 0 Å². The van der Waals surface area contributed by atoms with Crippen LogP contribution in [0.1, 0.15) is 20.8 Å². The standard InChI is InChI=1S/C10H17NO6S/c1-10(2,3)17-9(14)11-7-5-18(15,16)4-6(7)8(12)13/h6-7H,4-5H2,1-3H3,(H,11,14)(H,12,13)/t6-,7-/m1/s1. The van der Waals surface area contributed by atoms with E-state index in [0.29, 0.717) is 0 Å². The molecule has 1 fully saturated rings. The van der Waals surface area contributed by atoms with Gasteiger partial charge in [-0.15, -0.1) is 0 Å². The van der Waals surface area contributed by atoms with Gasteiger partial charge < -0.3 is 15.2 Å². The molecule has 18 heavy (non-hydrogen) atoms. The molecule has 0 unspecified atom stereocenters. The lowest BCUT2D eigenvalue weighted by molar-refractivity contribution is -0.141. The zero-order valence-electron chi connectivity index (χ0n) is 10.5. The fourth-order valence-corrected chi connectivity index (χ4v) is 3.61. The smallest absolute Gasteiger partial charge is 0.407 e. The van der Waals surface area contributed by atoms with Crippen LogP contribution in [-0.2, 0) is 19.4 Å². The highest BCUT2D eigenvalue weighted by Gasteiger charge is 2.43. The van der Waals surface area contributed by atoms with Crippen LogP contribution in [0.5, 0.6) is 0 Å². The lowest BCUT2D eigenvalue weighted by atomic mass is 10.0. The lowest BCUT2D eigenvalue weighted by Crippen LogP contribution is -2.44. The number of amides is 1. The topological polar surface area (TPSA) is 110 Å². The van der Waals surface area contributed by atoms with E-state index in [1.165, 1.54) is 0 Å². The van der Waals surface area contributed by atoms with Crippen LogP contribution in [0.15, 0.2) is 0 Å². The molecule has 0 saturated carbocycles. The number of sulfone groups is 1. The summed E-state index contributed by atoms with van der Waals surface area (Å²) in [7, 11) is -3.43. The van der Waals surface area contributed by atoms with Crippen LogP contribution in [0.3, 0.4) is 0 Å². The summed E-state index contributed by atoms with van der Waals surface area (Å²) in [6.45, 7) is 4.98. The first-order valence-electron chi connectivity index (χ1n) is 5.43. The van der Waals surface area contributed by atoms with Crippen molar-refractivity contribution < 1.29 is 27.9 Å². The summed E-state index contributed by atoms with van der Waals surface area (Å²) in [5.74, 6) is -3.19. The number of nitrogens with one attached hydrogen (secondary N) is 1. The van der Waals surface area contributed by atoms with Crippen LogP contribution in [0.25, 0.3) is 0 Å². The number of carboxylic acid groups (broad SMARTS) is 1. The van der Waals surface area contributed by atoms with Gasteiger partial charge in [0.25, 0.3) is 0 Å². The Morgan fingerprint density at radius 3 is 2.28 bits per heavy atom. The second kappa shape index (κ2) is 4.75. The average Bonchev–Trinajstić information content (AvgIpc) is 2.37. The molecule has 0 radical (unpaired) electrons. The Hall–Kier alpha value is -1.31. The van der Waals surface area contributed by atoms with E-state index in [0.717, 1.165) is 0 Å². The summed E-state index contributed by atoms with van der Waals surface area (Å²) in [6.07, 6.45) is -0.809. The minimum absolute atomic E-state index is 0.372. The maximum Gasteiger partial charge on any atom is 0.407 e. The van der Waals surface area contributed by atoms with Gasteiger partial charge in [-0.05, 0) is 20.8 Å². The van der Waals surface area contributed by atoms with E-state index in [4.69, 9.17) is 9.84 Å². The quantitative estimate of drug-likeness (QED) is 0.736. The van der Waals surface area contributed by atoms with Crippen LogP contribution in [0, 0.1) is 5.92 Å². The first kappa shape index (κ1) is 14.7. The molecular weight excluding hydrogens is 262 g/mol. The van der Waals surface area contributed by atoms with E-state index in [9.17, 15) is 18.0 Å². The predicted molar refractivity (Wildman–Crippen MR) is 62.9 cm³/mol. The molecular formula is C10H17NO6S. The monoisotopic (exact) mass is 279 g/mol. The van der Waals surface area contributed by atoms with Gasteiger partial charge in [-0.25, -0.2) is 13.2 Å². The van der Waals surface area contributed by atoms with E-state index in [1.807, 2.05) is 0 Å². The zero-order valence-corrected chi connectivity index (χ0v) is 11.3. The van der Waals surface area contributed by atoms with Gasteiger partial charge in [-0.1, -0.05) is 0 Å². The summed E-state index contributed by atoms with van der Waals surface area (Å²) in [6, 6.07) is -0.942. The van der Waals surface area contributed by atoms with E-state index in [-0.39, 0.29) is 5.75 Å². The molecule has 8 heteroatoms. The van der Waals surface area contributed by atoms with Crippen molar-refractivity contribution >= 4 is 21.9 Å². The Morgan fingerprint density at radius 2 is 1.83 bits per heavy atom. The zero-order chi connectivity index (χ0) is 14.1. The van der Waals surface area contributed by atoms with Crippen LogP contribution in [-0.4, -0.2) is 48.7 Å². The number of carbonyl (C=O) groups is 2. The Bertz CT molecular complexity index is 449. The van der Waals surface area contributed by atoms with Gasteiger partial charge in [0.2, 0.25) is 0 Å². The molecule has 0 aromatic rings. The van der Waals surface area contributed by atoms with Crippen molar-refractivity contribution in [1.82, 2.24) is 5.32 Å². The van der Waals surface area contributed by atoms with Crippen LogP contribution < -0.4 is 5.32 Å². The molecule has 1 heterocycles. The Balaban J connectivity index is 2.71. The van der Waals surface area contributed by atoms with Gasteiger partial charge in [0.05, 0.1) is 23.5 Å². The van der Waals surface area contributed by atoms with Crippen LogP contribution in [0.2, 0.25) is 0 Å². The number of alkyl carbamates (subject to hydrolysis) is 1. The molecule has 1 amide bonds. The van der Waals surface area contributed by atoms with Gasteiger partial charge >= 0.3 is 12.1 Å². The molecule has 0 bridgehead atoms. The third kappa shape index (κ3) is 4.17. The average molecular weight is 279 g/mol. The third-order valence-corrected chi connectivity index (χ3v) is 4.11. The van der Waals surface area contributed by atoms with E-state index in [1.54, 1.807) is 20.8 Å². The summed E-state index contributed by atoms with van der Waals surface area (Å²) < 4.78 is 27.7. The molecule has 7 nitrogen and oxygen atoms in total. The molecule has 0 aromatic heterocycles. The third-order valence-electron chi connectivity index (χ3n) is 2.37. The minimum Gasteiger partial charge on any atom is -0.481 e. The summed E-state index contributed by atoms with van der Waals surface area (Å²) in [5, 5.41) is 11.2. The highest BCUT2D eigenvalue weighted by Crippen LogP contribution is 2.20. The van der Waals surface area contributed by atoms with Crippen molar-refractivity contribution in [2.24, 2.45) is 5.92 Å². The van der Waals surface area contributed by atoms with E-state index in [2.05, 4.69) is 5.32 Å². The number of carboxylic acids is 1. The fourth-order valence-electron chi connectivity index (χ4n) is 1.69. The van der Waals surface area contributed by atoms with Crippen molar-refractivity contribution in [3.05, 3.63) is 0 Å². The van der Waals surface area contributed by atoms with Crippen LogP contribution >= 0.6 is 0 Å². The highest BCUT2D eigenvalue weighted by atomic mass is 32.2. The first-order valence-corrected chi connectivity index (χ1v) is 7.25. The molecule has 1 rings (SSSR count). The molecule has 2 atom stereocenters. The van der Waals surface area contributed by atoms with Crippen molar-refractivity contribution in [2.75, 3.05) is 11.5 Å². The number of hydrogen-bond acceptors (Lipinski definition) is 5. The summed E-state index contributed by atoms with van der Waals surface area (Å²) in [5.41, 5.74) is -0.722. The van der Waals surface area contributed by atoms with E-state index >= 15 is 0 Å². The van der Waals surface area contributed by atoms with Gasteiger partial charge in [-0.2, -0.15) is 0 Å². The van der Waals surface area contributed by atoms with Gasteiger partial charge in [0.1, 0.15) is 5.60 Å². The summed E-state index contributed by atoms with van der Waals surface area (Å²) in [4.78, 5) is 22.4. The molecule has 2 N–H and O–H groups in total.